The van der Waals surface area contributed by atoms with Crippen LogP contribution in [0.1, 0.15) is 15.4 Å². The van der Waals surface area contributed by atoms with Crippen LogP contribution in [-0.4, -0.2) is 27.8 Å². The van der Waals surface area contributed by atoms with Crippen LogP contribution >= 0.6 is 23.1 Å². The molecular formula is C22H18N4O2S2. The monoisotopic (exact) mass is 434 g/mol. The molecule has 0 spiro atoms. The Bertz CT molecular complexity index is 1220. The van der Waals surface area contributed by atoms with Gasteiger partial charge in [0.25, 0.3) is 5.91 Å². The molecule has 8 heteroatoms. The first-order valence-corrected chi connectivity index (χ1v) is 11.0. The fourth-order valence-corrected chi connectivity index (χ4v) is 4.21. The van der Waals surface area contributed by atoms with Gasteiger partial charge in [-0.1, -0.05) is 47.7 Å². The van der Waals surface area contributed by atoms with E-state index >= 15 is 0 Å². The largest absolute Gasteiger partial charge is 0.322 e. The van der Waals surface area contributed by atoms with E-state index in [4.69, 9.17) is 0 Å². The van der Waals surface area contributed by atoms with E-state index in [1.54, 1.807) is 0 Å². The molecule has 0 saturated carbocycles. The first-order valence-electron chi connectivity index (χ1n) is 9.20. The molecule has 0 atom stereocenters. The number of carbonyl (C=O) groups is 2. The minimum Gasteiger partial charge on any atom is -0.322 e. The molecule has 2 N–H and O–H groups in total. The summed E-state index contributed by atoms with van der Waals surface area (Å²) in [6, 6.07) is 21.0. The molecule has 0 fully saturated rings. The van der Waals surface area contributed by atoms with Gasteiger partial charge in [0.05, 0.1) is 5.75 Å². The van der Waals surface area contributed by atoms with E-state index in [9.17, 15) is 9.59 Å². The maximum atomic E-state index is 12.6. The molecule has 6 nitrogen and oxygen atoms in total. The molecule has 0 radical (unpaired) electrons. The molecule has 4 rings (SSSR count). The van der Waals surface area contributed by atoms with E-state index in [1.807, 2.05) is 73.7 Å². The maximum Gasteiger partial charge on any atom is 0.255 e. The summed E-state index contributed by atoms with van der Waals surface area (Å²) < 4.78 is 0. The lowest BCUT2D eigenvalue weighted by atomic mass is 10.1. The van der Waals surface area contributed by atoms with Gasteiger partial charge in [0.1, 0.15) is 5.01 Å². The summed E-state index contributed by atoms with van der Waals surface area (Å²) in [6.45, 7) is 1.83. The predicted octanol–water partition coefficient (Wildman–Crippen LogP) is 4.98. The quantitative estimate of drug-likeness (QED) is 0.418. The molecule has 0 bridgehead atoms. The molecule has 4 aromatic rings. The molecule has 150 valence electrons. The number of hydrogen-bond acceptors (Lipinski definition) is 6. The number of thioether (sulfide) groups is 1. The second-order valence-electron chi connectivity index (χ2n) is 6.51. The van der Waals surface area contributed by atoms with Crippen LogP contribution in [0.25, 0.3) is 10.8 Å². The number of carbonyl (C=O) groups excluding carboxylic acids is 2. The number of anilines is 2. The normalized spacial score (nSPS) is 10.7. The number of benzene rings is 3. The number of aromatic nitrogens is 2. The molecule has 2 amide bonds. The Morgan fingerprint density at radius 2 is 1.77 bits per heavy atom. The summed E-state index contributed by atoms with van der Waals surface area (Å²) in [6.07, 6.45) is 0. The van der Waals surface area contributed by atoms with Gasteiger partial charge in [-0.05, 0) is 48.0 Å². The molecule has 0 unspecified atom stereocenters. The third-order valence-electron chi connectivity index (χ3n) is 4.25. The summed E-state index contributed by atoms with van der Waals surface area (Å²) >= 11 is 2.72. The van der Waals surface area contributed by atoms with E-state index in [0.717, 1.165) is 20.7 Å². The first kappa shape index (κ1) is 20.1. The van der Waals surface area contributed by atoms with Crippen molar-refractivity contribution in [1.82, 2.24) is 10.2 Å². The summed E-state index contributed by atoms with van der Waals surface area (Å²) in [5.41, 5.74) is 1.27. The first-order chi connectivity index (χ1) is 14.6. The zero-order valence-electron chi connectivity index (χ0n) is 16.1. The van der Waals surface area contributed by atoms with Crippen molar-refractivity contribution in [3.05, 3.63) is 77.3 Å². The Labute approximate surface area is 181 Å². The number of aryl methyl sites for hydroxylation is 1. The number of fused-ring (bicyclic) bond motifs is 1. The molecular weight excluding hydrogens is 416 g/mol. The summed E-state index contributed by atoms with van der Waals surface area (Å²) in [4.78, 5) is 25.6. The van der Waals surface area contributed by atoms with Crippen molar-refractivity contribution in [2.24, 2.45) is 0 Å². The lowest BCUT2D eigenvalue weighted by Gasteiger charge is -2.08. The molecule has 30 heavy (non-hydrogen) atoms. The second kappa shape index (κ2) is 9.06. The third-order valence-corrected chi connectivity index (χ3v) is 5.99. The number of nitrogens with one attached hydrogen (secondary N) is 2. The van der Waals surface area contributed by atoms with E-state index in [1.165, 1.54) is 23.1 Å². The Balaban J connectivity index is 1.37. The number of amides is 2. The Morgan fingerprint density at radius 1 is 0.933 bits per heavy atom. The Hall–Kier alpha value is -3.23. The van der Waals surface area contributed by atoms with Gasteiger partial charge in [-0.25, -0.2) is 0 Å². The predicted molar refractivity (Wildman–Crippen MR) is 122 cm³/mol. The van der Waals surface area contributed by atoms with Crippen molar-refractivity contribution in [2.45, 2.75) is 11.8 Å². The van der Waals surface area contributed by atoms with Crippen LogP contribution in [0.15, 0.2) is 71.6 Å². The molecule has 1 aromatic heterocycles. The van der Waals surface area contributed by atoms with Gasteiger partial charge in [0.2, 0.25) is 11.0 Å². The van der Waals surface area contributed by atoms with Gasteiger partial charge in [-0.3, -0.25) is 14.9 Å². The van der Waals surface area contributed by atoms with Crippen LogP contribution in [0, 0.1) is 6.92 Å². The molecule has 0 aliphatic rings. The summed E-state index contributed by atoms with van der Waals surface area (Å²) in [7, 11) is 0. The van der Waals surface area contributed by atoms with Gasteiger partial charge in [0, 0.05) is 16.1 Å². The van der Waals surface area contributed by atoms with Crippen LogP contribution in [-0.2, 0) is 4.79 Å². The SMILES string of the molecule is Cc1nnc(NC(=O)CSc2cccc(NC(=O)c3ccc4ccccc4c3)c2)s1. The standard InChI is InChI=1S/C22H18N4O2S2/c1-14-25-26-22(30-14)24-20(27)13-29-19-8-4-7-18(12-19)23-21(28)17-10-9-15-5-2-3-6-16(15)11-17/h2-12H,13H2,1H3,(H,23,28)(H,24,26,27). The minimum absolute atomic E-state index is 0.151. The number of hydrogen-bond donors (Lipinski definition) is 2. The van der Waals surface area contributed by atoms with Crippen LogP contribution in [0.3, 0.4) is 0 Å². The highest BCUT2D eigenvalue weighted by Gasteiger charge is 2.10. The van der Waals surface area contributed by atoms with Crippen molar-refractivity contribution in [2.75, 3.05) is 16.4 Å². The van der Waals surface area contributed by atoms with Crippen molar-refractivity contribution in [3.8, 4) is 0 Å². The van der Waals surface area contributed by atoms with Gasteiger partial charge in [-0.2, -0.15) is 0 Å². The van der Waals surface area contributed by atoms with Crippen molar-refractivity contribution < 1.29 is 9.59 Å². The summed E-state index contributed by atoms with van der Waals surface area (Å²) in [5, 5.41) is 16.8. The minimum atomic E-state index is -0.174. The summed E-state index contributed by atoms with van der Waals surface area (Å²) in [5.74, 6) is -0.0882. The van der Waals surface area contributed by atoms with Crippen LogP contribution in [0.2, 0.25) is 0 Å². The zero-order valence-corrected chi connectivity index (χ0v) is 17.7. The van der Waals surface area contributed by atoms with Gasteiger partial charge in [-0.15, -0.1) is 22.0 Å². The Morgan fingerprint density at radius 3 is 2.57 bits per heavy atom. The molecule has 0 saturated heterocycles. The average molecular weight is 435 g/mol. The molecule has 3 aromatic carbocycles. The topological polar surface area (TPSA) is 84.0 Å². The lowest BCUT2D eigenvalue weighted by molar-refractivity contribution is -0.113. The number of rotatable bonds is 6. The average Bonchev–Trinajstić information content (AvgIpc) is 3.16. The van der Waals surface area contributed by atoms with Crippen molar-refractivity contribution in [3.63, 3.8) is 0 Å². The fraction of sp³-hybridized carbons (Fsp3) is 0.0909. The zero-order chi connectivity index (χ0) is 20.9. The van der Waals surface area contributed by atoms with Gasteiger partial charge in [0.15, 0.2) is 0 Å². The lowest BCUT2D eigenvalue weighted by Crippen LogP contribution is -2.14. The van der Waals surface area contributed by atoms with Gasteiger partial charge < -0.3 is 5.32 Å². The fourth-order valence-electron chi connectivity index (χ4n) is 2.85. The maximum absolute atomic E-state index is 12.6. The van der Waals surface area contributed by atoms with Crippen molar-refractivity contribution in [1.29, 1.82) is 0 Å². The van der Waals surface area contributed by atoms with E-state index in [2.05, 4.69) is 20.8 Å². The van der Waals surface area contributed by atoms with E-state index in [-0.39, 0.29) is 17.6 Å². The molecule has 0 aliphatic heterocycles. The third kappa shape index (κ3) is 5.03. The van der Waals surface area contributed by atoms with E-state index in [0.29, 0.717) is 16.4 Å². The van der Waals surface area contributed by atoms with Gasteiger partial charge >= 0.3 is 0 Å². The second-order valence-corrected chi connectivity index (χ2v) is 8.74. The van der Waals surface area contributed by atoms with Crippen LogP contribution < -0.4 is 10.6 Å². The number of nitrogens with zero attached hydrogens (tertiary/aromatic N) is 2. The van der Waals surface area contributed by atoms with E-state index < -0.39 is 0 Å². The van der Waals surface area contributed by atoms with Crippen LogP contribution in [0.4, 0.5) is 10.8 Å². The van der Waals surface area contributed by atoms with Crippen molar-refractivity contribution >= 4 is 56.5 Å². The highest BCUT2D eigenvalue weighted by atomic mass is 32.2. The Kier molecular flexibility index (Phi) is 6.06. The highest BCUT2D eigenvalue weighted by molar-refractivity contribution is 8.00. The molecule has 1 heterocycles. The smallest absolute Gasteiger partial charge is 0.255 e. The highest BCUT2D eigenvalue weighted by Crippen LogP contribution is 2.23. The van der Waals surface area contributed by atoms with Crippen LogP contribution in [0.5, 0.6) is 0 Å². The molecule has 0 aliphatic carbocycles.